The molecule has 0 radical (unpaired) electrons. The Hall–Kier alpha value is -4.05. The summed E-state index contributed by atoms with van der Waals surface area (Å²) in [6.07, 6.45) is 6.60. The molecular weight excluding hydrogens is 428 g/mol. The molecule has 0 unspecified atom stereocenters. The molecule has 32 heavy (non-hydrogen) atoms. The Labute approximate surface area is 188 Å². The van der Waals surface area contributed by atoms with Gasteiger partial charge in [0.25, 0.3) is 0 Å². The van der Waals surface area contributed by atoms with E-state index in [0.717, 1.165) is 22.4 Å². The fourth-order valence-corrected chi connectivity index (χ4v) is 2.95. The molecule has 0 aliphatic heterocycles. The van der Waals surface area contributed by atoms with Crippen molar-refractivity contribution in [2.45, 2.75) is 0 Å². The van der Waals surface area contributed by atoms with Crippen molar-refractivity contribution in [2.24, 2.45) is 11.7 Å². The van der Waals surface area contributed by atoms with Gasteiger partial charge in [0.15, 0.2) is 5.65 Å². The van der Waals surface area contributed by atoms with Gasteiger partial charge >= 0.3 is 0 Å². The lowest BCUT2D eigenvalue weighted by Crippen LogP contribution is -2.04. The van der Waals surface area contributed by atoms with E-state index in [4.69, 9.17) is 11.6 Å². The summed E-state index contributed by atoms with van der Waals surface area (Å²) in [5, 5.41) is 8.27. The predicted octanol–water partition coefficient (Wildman–Crippen LogP) is 3.20. The van der Waals surface area contributed by atoms with Gasteiger partial charge in [0.2, 0.25) is 5.78 Å². The molecule has 0 bridgehead atoms. The zero-order valence-electron chi connectivity index (χ0n) is 16.8. The molecule has 5 rings (SSSR count). The van der Waals surface area contributed by atoms with Gasteiger partial charge in [-0.05, 0) is 48.5 Å². The van der Waals surface area contributed by atoms with Crippen LogP contribution in [0, 0.1) is 0 Å². The summed E-state index contributed by atoms with van der Waals surface area (Å²) in [5.74, 6) is 7.79. The van der Waals surface area contributed by atoms with Crippen molar-refractivity contribution in [1.82, 2.24) is 30.1 Å². The van der Waals surface area contributed by atoms with Gasteiger partial charge in [-0.1, -0.05) is 23.7 Å². The average molecular weight is 447 g/mol. The topological polar surface area (TPSA) is 149 Å². The van der Waals surface area contributed by atoms with Gasteiger partial charge in [-0.2, -0.15) is 5.10 Å². The molecule has 10 heteroatoms. The van der Waals surface area contributed by atoms with E-state index in [9.17, 15) is 4.79 Å². The van der Waals surface area contributed by atoms with Crippen molar-refractivity contribution in [3.8, 4) is 11.4 Å². The Morgan fingerprint density at radius 1 is 0.781 bits per heavy atom. The molecule has 5 heterocycles. The van der Waals surface area contributed by atoms with E-state index in [2.05, 4.69) is 41.8 Å². The molecule has 0 aromatic carbocycles. The summed E-state index contributed by atoms with van der Waals surface area (Å²) in [4.78, 5) is 28.1. The van der Waals surface area contributed by atoms with Crippen LogP contribution in [0.5, 0.6) is 0 Å². The highest BCUT2D eigenvalue weighted by atomic mass is 35.5. The summed E-state index contributed by atoms with van der Waals surface area (Å²) >= 11 is 5.81. The second-order valence-electron chi connectivity index (χ2n) is 6.07. The lowest BCUT2D eigenvalue weighted by Gasteiger charge is -2.00. The highest BCUT2D eigenvalue weighted by molar-refractivity contribution is 6.33. The first-order valence-corrected chi connectivity index (χ1v) is 9.72. The normalized spacial score (nSPS) is 9.84. The van der Waals surface area contributed by atoms with Crippen LogP contribution in [0.2, 0.25) is 5.15 Å². The number of carbonyl (C=O) groups is 1. The van der Waals surface area contributed by atoms with Crippen LogP contribution >= 0.6 is 11.6 Å². The van der Waals surface area contributed by atoms with Crippen LogP contribution in [0.1, 0.15) is 16.1 Å². The number of halogens is 1. The van der Waals surface area contributed by atoms with E-state index < -0.39 is 0 Å². The highest BCUT2D eigenvalue weighted by Gasteiger charge is 2.13. The predicted molar refractivity (Wildman–Crippen MR) is 122 cm³/mol. The molecule has 0 saturated carbocycles. The number of aromatic amines is 1. The minimum Gasteiger partial charge on any atom is -0.287 e. The van der Waals surface area contributed by atoms with Crippen molar-refractivity contribution in [3.63, 3.8) is 0 Å². The standard InChI is InChI=1S/C11H7ClN2O.C11H8N4.H4N2/c12-11-8(4-3-7-14-11)10(15)9-5-1-2-6-13-9;1-2-6-12-9(5-1)10-8-4-3-7-13-11(8)15-14-10;1-2/h1-7H;1-7H,(H,13,14,15);1-2H2. The SMILES string of the molecule is NN.O=C(c1ccccn1)c1cccnc1Cl.c1ccc(-c2[nH]nc3ncccc23)nc1. The largest absolute Gasteiger partial charge is 0.287 e. The maximum atomic E-state index is 11.9. The van der Waals surface area contributed by atoms with Gasteiger partial charge in [-0.3, -0.25) is 31.5 Å². The Balaban J connectivity index is 0.000000168. The third-order valence-electron chi connectivity index (χ3n) is 4.15. The quantitative estimate of drug-likeness (QED) is 0.165. The van der Waals surface area contributed by atoms with Crippen LogP contribution in [0.3, 0.4) is 0 Å². The van der Waals surface area contributed by atoms with Crippen molar-refractivity contribution >= 4 is 28.4 Å². The third kappa shape index (κ3) is 5.35. The van der Waals surface area contributed by atoms with E-state index in [-0.39, 0.29) is 10.9 Å². The monoisotopic (exact) mass is 446 g/mol. The summed E-state index contributed by atoms with van der Waals surface area (Å²) in [5.41, 5.74) is 3.26. The summed E-state index contributed by atoms with van der Waals surface area (Å²) in [6, 6.07) is 18.1. The lowest BCUT2D eigenvalue weighted by atomic mass is 10.1. The Morgan fingerprint density at radius 2 is 1.47 bits per heavy atom. The number of hydrogen-bond donors (Lipinski definition) is 3. The van der Waals surface area contributed by atoms with Gasteiger partial charge in [0, 0.05) is 30.2 Å². The van der Waals surface area contributed by atoms with Gasteiger partial charge in [-0.25, -0.2) is 9.97 Å². The minimum absolute atomic E-state index is 0.202. The summed E-state index contributed by atoms with van der Waals surface area (Å²) in [7, 11) is 0. The maximum absolute atomic E-state index is 11.9. The van der Waals surface area contributed by atoms with E-state index in [1.54, 1.807) is 48.9 Å². The number of nitrogens with two attached hydrogens (primary N) is 2. The lowest BCUT2D eigenvalue weighted by molar-refractivity contribution is 0.103. The molecule has 0 atom stereocenters. The van der Waals surface area contributed by atoms with Crippen molar-refractivity contribution in [3.05, 3.63) is 102 Å². The number of ketones is 1. The number of carbonyl (C=O) groups excluding carboxylic acids is 1. The summed E-state index contributed by atoms with van der Waals surface area (Å²) < 4.78 is 0. The smallest absolute Gasteiger partial charge is 0.214 e. The van der Waals surface area contributed by atoms with Crippen LogP contribution < -0.4 is 11.7 Å². The molecule has 0 fully saturated rings. The molecule has 0 aliphatic rings. The molecule has 5 aromatic heterocycles. The Morgan fingerprint density at radius 3 is 2.16 bits per heavy atom. The van der Waals surface area contributed by atoms with Gasteiger partial charge < -0.3 is 0 Å². The number of aromatic nitrogens is 6. The average Bonchev–Trinajstić information content (AvgIpc) is 3.31. The number of hydrogen-bond acceptors (Lipinski definition) is 8. The highest BCUT2D eigenvalue weighted by Crippen LogP contribution is 2.22. The number of nitrogens with zero attached hydrogens (tertiary/aromatic N) is 5. The number of hydrazine groups is 1. The first-order valence-electron chi connectivity index (χ1n) is 9.34. The van der Waals surface area contributed by atoms with Gasteiger partial charge in [-0.15, -0.1) is 0 Å². The molecular formula is C22H19ClN8O. The van der Waals surface area contributed by atoms with Crippen LogP contribution in [0.15, 0.2) is 85.5 Å². The van der Waals surface area contributed by atoms with E-state index in [1.165, 1.54) is 6.20 Å². The van der Waals surface area contributed by atoms with E-state index >= 15 is 0 Å². The van der Waals surface area contributed by atoms with Crippen LogP contribution in [-0.2, 0) is 0 Å². The molecule has 160 valence electrons. The molecule has 0 saturated heterocycles. The Bertz CT molecular complexity index is 1280. The molecule has 5 N–H and O–H groups in total. The first kappa shape index (κ1) is 22.6. The van der Waals surface area contributed by atoms with Crippen LogP contribution in [0.4, 0.5) is 0 Å². The zero-order valence-corrected chi connectivity index (χ0v) is 17.5. The first-order chi connectivity index (χ1) is 15.7. The molecule has 0 amide bonds. The van der Waals surface area contributed by atoms with Crippen molar-refractivity contribution < 1.29 is 4.79 Å². The number of fused-ring (bicyclic) bond motifs is 1. The second kappa shape index (κ2) is 11.4. The molecule has 9 nitrogen and oxygen atoms in total. The van der Waals surface area contributed by atoms with Gasteiger partial charge in [0.05, 0.1) is 17.0 Å². The number of H-pyrrole nitrogens is 1. The zero-order chi connectivity index (χ0) is 22.8. The number of nitrogens with one attached hydrogen (secondary N) is 1. The second-order valence-corrected chi connectivity index (χ2v) is 6.43. The van der Waals surface area contributed by atoms with E-state index in [0.29, 0.717) is 11.3 Å². The van der Waals surface area contributed by atoms with Gasteiger partial charge in [0.1, 0.15) is 10.8 Å². The minimum atomic E-state index is -0.214. The van der Waals surface area contributed by atoms with Crippen molar-refractivity contribution in [2.75, 3.05) is 0 Å². The number of rotatable bonds is 3. The third-order valence-corrected chi connectivity index (χ3v) is 4.45. The van der Waals surface area contributed by atoms with Crippen LogP contribution in [-0.4, -0.2) is 35.9 Å². The Kier molecular flexibility index (Phi) is 8.04. The number of pyridine rings is 4. The van der Waals surface area contributed by atoms with E-state index in [1.807, 2.05) is 30.3 Å². The van der Waals surface area contributed by atoms with Crippen molar-refractivity contribution in [1.29, 1.82) is 0 Å². The maximum Gasteiger partial charge on any atom is 0.214 e. The molecule has 0 spiro atoms. The summed E-state index contributed by atoms with van der Waals surface area (Å²) in [6.45, 7) is 0. The molecule has 0 aliphatic carbocycles. The van der Waals surface area contributed by atoms with Crippen LogP contribution in [0.25, 0.3) is 22.4 Å². The fourth-order valence-electron chi connectivity index (χ4n) is 2.75. The molecule has 5 aromatic rings. The fraction of sp³-hybridized carbons (Fsp3) is 0.